The first-order valence-electron chi connectivity index (χ1n) is 9.23. The van der Waals surface area contributed by atoms with Crippen molar-refractivity contribution in [2.45, 2.75) is 68.4 Å². The molecule has 3 rings (SSSR count). The minimum absolute atomic E-state index is 0.0321. The molecule has 0 fully saturated rings. The van der Waals surface area contributed by atoms with Crippen LogP contribution in [0.5, 0.6) is 0 Å². The average molecular weight is 464 g/mol. The Morgan fingerprint density at radius 2 is 1.12 bits per heavy atom. The van der Waals surface area contributed by atoms with Crippen molar-refractivity contribution in [3.8, 4) is 11.1 Å². The number of hydrogen-bond acceptors (Lipinski definition) is 0. The van der Waals surface area contributed by atoms with E-state index in [0.29, 0.717) is 0 Å². The van der Waals surface area contributed by atoms with Crippen molar-refractivity contribution in [2.24, 2.45) is 0 Å². The van der Waals surface area contributed by atoms with Gasteiger partial charge in [-0.3, -0.25) is 0 Å². The van der Waals surface area contributed by atoms with Crippen LogP contribution < -0.4 is 0 Å². The van der Waals surface area contributed by atoms with Gasteiger partial charge >= 0.3 is 0 Å². The summed E-state index contributed by atoms with van der Waals surface area (Å²) in [6, 6.07) is 14.1. The lowest BCUT2D eigenvalue weighted by atomic mass is 9.80. The Kier molecular flexibility index (Phi) is 4.78. The zero-order valence-corrected chi connectivity index (χ0v) is 19.3. The topological polar surface area (TPSA) is 0 Å². The number of rotatable bonds is 4. The predicted molar refractivity (Wildman–Crippen MR) is 117 cm³/mol. The maximum absolute atomic E-state index is 3.91. The van der Waals surface area contributed by atoms with E-state index in [1.165, 1.54) is 33.4 Å². The Hall–Kier alpha value is -0.600. The summed E-state index contributed by atoms with van der Waals surface area (Å²) in [5.74, 6) is 0. The standard InChI is InChI=1S/C23H28Br2/c1-7-22(5,24)15-9-11-17-18-12-10-16(23(6,25)8-2)14-20(18)21(3,4)19(17)13-15/h9-14H,7-8H2,1-6H3. The summed E-state index contributed by atoms with van der Waals surface area (Å²) in [5.41, 5.74) is 8.45. The third-order valence-corrected chi connectivity index (χ3v) is 8.24. The molecule has 134 valence electrons. The molecule has 0 nitrogen and oxygen atoms in total. The highest BCUT2D eigenvalue weighted by Gasteiger charge is 2.37. The number of fused-ring (bicyclic) bond motifs is 3. The fraction of sp³-hybridized carbons (Fsp3) is 0.478. The molecule has 0 saturated heterocycles. The van der Waals surface area contributed by atoms with E-state index in [2.05, 4.69) is 110 Å². The number of benzene rings is 2. The maximum Gasteiger partial charge on any atom is 0.0475 e. The first-order chi connectivity index (χ1) is 11.5. The molecule has 2 unspecified atom stereocenters. The van der Waals surface area contributed by atoms with Gasteiger partial charge in [-0.05, 0) is 60.1 Å². The quantitative estimate of drug-likeness (QED) is 0.402. The van der Waals surface area contributed by atoms with Gasteiger partial charge in [0.25, 0.3) is 0 Å². The first-order valence-corrected chi connectivity index (χ1v) is 10.8. The second-order valence-corrected chi connectivity index (χ2v) is 11.7. The van der Waals surface area contributed by atoms with Gasteiger partial charge in [-0.2, -0.15) is 0 Å². The van der Waals surface area contributed by atoms with E-state index in [4.69, 9.17) is 0 Å². The molecule has 1 aliphatic carbocycles. The average Bonchev–Trinajstić information content (AvgIpc) is 2.82. The van der Waals surface area contributed by atoms with E-state index < -0.39 is 0 Å². The smallest absolute Gasteiger partial charge is 0.0475 e. The SMILES string of the molecule is CCC(C)(Br)c1ccc2c(c1)C(C)(C)c1cc(C(C)(Br)CC)ccc1-2. The highest BCUT2D eigenvalue weighted by molar-refractivity contribution is 9.09. The molecule has 0 aliphatic heterocycles. The van der Waals surface area contributed by atoms with Gasteiger partial charge in [0.05, 0.1) is 0 Å². The van der Waals surface area contributed by atoms with Crippen LogP contribution in [-0.2, 0) is 14.1 Å². The lowest BCUT2D eigenvalue weighted by molar-refractivity contribution is 0.639. The van der Waals surface area contributed by atoms with Crippen molar-refractivity contribution >= 4 is 31.9 Å². The lowest BCUT2D eigenvalue weighted by Crippen LogP contribution is -2.19. The van der Waals surface area contributed by atoms with Crippen molar-refractivity contribution in [2.75, 3.05) is 0 Å². The van der Waals surface area contributed by atoms with Crippen LogP contribution in [0, 0.1) is 0 Å². The molecule has 0 aromatic heterocycles. The zero-order chi connectivity index (χ0) is 18.6. The summed E-state index contributed by atoms with van der Waals surface area (Å²) >= 11 is 7.82. The summed E-state index contributed by atoms with van der Waals surface area (Å²) in [5, 5.41) is 0. The number of alkyl halides is 2. The van der Waals surface area contributed by atoms with Crippen LogP contribution in [0.25, 0.3) is 11.1 Å². The molecule has 0 N–H and O–H groups in total. The molecular formula is C23H28Br2. The third kappa shape index (κ3) is 3.04. The van der Waals surface area contributed by atoms with E-state index in [1.54, 1.807) is 0 Å². The van der Waals surface area contributed by atoms with Crippen molar-refractivity contribution in [3.63, 3.8) is 0 Å². The number of hydrogen-bond donors (Lipinski definition) is 0. The Bertz CT molecular complexity index is 745. The molecule has 0 amide bonds. The van der Waals surface area contributed by atoms with E-state index in [1.807, 2.05) is 0 Å². The van der Waals surface area contributed by atoms with Crippen LogP contribution in [0.4, 0.5) is 0 Å². The van der Waals surface area contributed by atoms with Crippen molar-refractivity contribution in [3.05, 3.63) is 58.7 Å². The van der Waals surface area contributed by atoms with Crippen LogP contribution >= 0.6 is 31.9 Å². The van der Waals surface area contributed by atoms with Gasteiger partial charge in [0, 0.05) is 14.1 Å². The molecule has 0 heterocycles. The van der Waals surface area contributed by atoms with E-state index >= 15 is 0 Å². The summed E-state index contributed by atoms with van der Waals surface area (Å²) in [4.78, 5) is 0. The van der Waals surface area contributed by atoms with Crippen molar-refractivity contribution < 1.29 is 0 Å². The minimum atomic E-state index is 0.0321. The van der Waals surface area contributed by atoms with Crippen LogP contribution in [0.3, 0.4) is 0 Å². The first kappa shape index (κ1) is 19.2. The van der Waals surface area contributed by atoms with Crippen LogP contribution in [0.2, 0.25) is 0 Å². The lowest BCUT2D eigenvalue weighted by Gasteiger charge is -2.27. The van der Waals surface area contributed by atoms with Gasteiger partial charge in [0.1, 0.15) is 0 Å². The molecule has 0 bridgehead atoms. The molecule has 0 radical (unpaired) electrons. The molecule has 1 aliphatic rings. The summed E-state index contributed by atoms with van der Waals surface area (Å²) in [7, 11) is 0. The fourth-order valence-corrected chi connectivity index (χ4v) is 4.29. The van der Waals surface area contributed by atoms with Gasteiger partial charge in [0.2, 0.25) is 0 Å². The van der Waals surface area contributed by atoms with Gasteiger partial charge in [0.15, 0.2) is 0 Å². The minimum Gasteiger partial charge on any atom is -0.0804 e. The predicted octanol–water partition coefficient (Wildman–Crippen LogP) is 8.03. The van der Waals surface area contributed by atoms with E-state index in [9.17, 15) is 0 Å². The van der Waals surface area contributed by atoms with Gasteiger partial charge < -0.3 is 0 Å². The second kappa shape index (κ2) is 6.23. The molecule has 2 aromatic carbocycles. The van der Waals surface area contributed by atoms with E-state index in [0.717, 1.165) is 12.8 Å². The Balaban J connectivity index is 2.17. The summed E-state index contributed by atoms with van der Waals surface area (Å²) < 4.78 is 0.0728. The normalized spacial score (nSPS) is 19.7. The fourth-order valence-electron chi connectivity index (χ4n) is 3.79. The molecule has 2 aromatic rings. The molecular weight excluding hydrogens is 436 g/mol. The second-order valence-electron chi connectivity index (χ2n) is 8.25. The zero-order valence-electron chi connectivity index (χ0n) is 16.1. The third-order valence-electron chi connectivity index (χ3n) is 6.21. The van der Waals surface area contributed by atoms with Gasteiger partial charge in [-0.15, -0.1) is 0 Å². The van der Waals surface area contributed by atoms with Crippen molar-refractivity contribution in [1.29, 1.82) is 0 Å². The Labute approximate surface area is 169 Å². The summed E-state index contributed by atoms with van der Waals surface area (Å²) in [6.45, 7) is 13.7. The van der Waals surface area contributed by atoms with E-state index in [-0.39, 0.29) is 14.1 Å². The molecule has 25 heavy (non-hydrogen) atoms. The van der Waals surface area contributed by atoms with Crippen LogP contribution in [0.15, 0.2) is 36.4 Å². The highest BCUT2D eigenvalue weighted by atomic mass is 79.9. The van der Waals surface area contributed by atoms with Gasteiger partial charge in [-0.25, -0.2) is 0 Å². The number of halogens is 2. The summed E-state index contributed by atoms with van der Waals surface area (Å²) in [6.07, 6.45) is 2.14. The molecule has 2 atom stereocenters. The largest absolute Gasteiger partial charge is 0.0804 e. The Morgan fingerprint density at radius 1 is 0.760 bits per heavy atom. The van der Waals surface area contributed by atoms with Crippen LogP contribution in [0.1, 0.15) is 76.6 Å². The van der Waals surface area contributed by atoms with Crippen molar-refractivity contribution in [1.82, 2.24) is 0 Å². The molecule has 0 saturated carbocycles. The monoisotopic (exact) mass is 462 g/mol. The van der Waals surface area contributed by atoms with Gasteiger partial charge in [-0.1, -0.05) is 96.0 Å². The highest BCUT2D eigenvalue weighted by Crippen LogP contribution is 2.51. The molecule has 2 heteroatoms. The Morgan fingerprint density at radius 3 is 1.44 bits per heavy atom. The molecule has 0 spiro atoms. The maximum atomic E-state index is 3.91. The van der Waals surface area contributed by atoms with Crippen LogP contribution in [-0.4, -0.2) is 0 Å².